The molecule has 1 spiro atoms. The number of aromatic nitrogens is 4. The van der Waals surface area contributed by atoms with Crippen molar-refractivity contribution >= 4 is 22.5 Å². The van der Waals surface area contributed by atoms with Gasteiger partial charge >= 0.3 is 12.2 Å². The first kappa shape index (κ1) is 34.3. The molecule has 3 aromatic heterocycles. The van der Waals surface area contributed by atoms with Gasteiger partial charge in [-0.25, -0.2) is 14.4 Å². The number of alkyl halides is 3. The lowest BCUT2D eigenvalue weighted by atomic mass is 9.89. The summed E-state index contributed by atoms with van der Waals surface area (Å²) in [5, 5.41) is 6.62. The summed E-state index contributed by atoms with van der Waals surface area (Å²) in [5.41, 5.74) is 2.85. The fourth-order valence-corrected chi connectivity index (χ4v) is 6.87. The van der Waals surface area contributed by atoms with Crippen LogP contribution in [0.2, 0.25) is 0 Å². The maximum atomic E-state index is 16.6. The number of pyridine rings is 2. The van der Waals surface area contributed by atoms with E-state index in [9.17, 15) is 13.2 Å². The van der Waals surface area contributed by atoms with Gasteiger partial charge in [-0.3, -0.25) is 4.90 Å². The van der Waals surface area contributed by atoms with Gasteiger partial charge in [0.25, 0.3) is 0 Å². The zero-order valence-corrected chi connectivity index (χ0v) is 27.9. The minimum atomic E-state index is -4.85. The number of nitrogens with two attached hydrogens (primary N) is 1. The predicted octanol–water partition coefficient (Wildman–Crippen LogP) is 5.36. The summed E-state index contributed by atoms with van der Waals surface area (Å²) < 4.78 is 77.8. The third-order valence-electron chi connectivity index (χ3n) is 9.36. The highest BCUT2D eigenvalue weighted by Crippen LogP contribution is 2.49. The third-order valence-corrected chi connectivity index (χ3v) is 9.36. The summed E-state index contributed by atoms with van der Waals surface area (Å²) >= 11 is 0. The minimum absolute atomic E-state index is 0.000172. The molecule has 4 aliphatic rings. The van der Waals surface area contributed by atoms with Crippen molar-refractivity contribution in [1.29, 1.82) is 0 Å². The van der Waals surface area contributed by atoms with Crippen LogP contribution >= 0.6 is 0 Å². The highest BCUT2D eigenvalue weighted by molar-refractivity contribution is 5.96. The van der Waals surface area contributed by atoms with E-state index in [1.54, 1.807) is 0 Å². The van der Waals surface area contributed by atoms with E-state index in [0.29, 0.717) is 32.7 Å². The summed E-state index contributed by atoms with van der Waals surface area (Å²) in [7, 11) is 0. The Balaban J connectivity index is 0.00000197. The van der Waals surface area contributed by atoms with Crippen molar-refractivity contribution in [2.24, 2.45) is 5.41 Å². The van der Waals surface area contributed by atoms with E-state index < -0.39 is 40.6 Å². The Morgan fingerprint density at radius 2 is 1.85 bits per heavy atom. The summed E-state index contributed by atoms with van der Waals surface area (Å²) in [4.78, 5) is 19.5. The molecular formula is C33H44F4N8O3. The summed E-state index contributed by atoms with van der Waals surface area (Å²) in [6, 6.07) is 0.892. The van der Waals surface area contributed by atoms with Gasteiger partial charge < -0.3 is 30.6 Å². The Kier molecular flexibility index (Phi) is 9.57. The van der Waals surface area contributed by atoms with Gasteiger partial charge in [-0.15, -0.1) is 0 Å². The minimum Gasteiger partial charge on any atom is -0.474 e. The van der Waals surface area contributed by atoms with E-state index in [1.165, 1.54) is 6.92 Å². The number of nitrogens with zero attached hydrogens (tertiary/aromatic N) is 5. The molecule has 48 heavy (non-hydrogen) atoms. The molecule has 0 aromatic carbocycles. The zero-order chi connectivity index (χ0) is 34.3. The predicted molar refractivity (Wildman–Crippen MR) is 174 cm³/mol. The summed E-state index contributed by atoms with van der Waals surface area (Å²) in [6.07, 6.45) is -0.543. The molecule has 1 atom stereocenters. The van der Waals surface area contributed by atoms with Crippen LogP contribution in [0.3, 0.4) is 0 Å². The number of likely N-dealkylation sites (tertiary alicyclic amines) is 1. The van der Waals surface area contributed by atoms with Crippen LogP contribution < -0.4 is 25.8 Å². The molecule has 0 bridgehead atoms. The first-order valence-electron chi connectivity index (χ1n) is 16.8. The largest absolute Gasteiger partial charge is 0.474 e. The number of hydrogen-bond donors (Lipinski definition) is 3. The molecule has 4 N–H and O–H groups in total. The van der Waals surface area contributed by atoms with Crippen LogP contribution in [-0.4, -0.2) is 89.0 Å². The molecule has 0 radical (unpaired) electrons. The molecule has 1 saturated carbocycles. The number of ether oxygens (including phenoxy) is 3. The lowest BCUT2D eigenvalue weighted by Crippen LogP contribution is -2.62. The molecule has 15 heteroatoms. The molecule has 262 valence electrons. The molecule has 1 aliphatic carbocycles. The Morgan fingerprint density at radius 1 is 1.08 bits per heavy atom. The number of aryl methyl sites for hydroxylation is 1. The van der Waals surface area contributed by atoms with Crippen LogP contribution in [0.5, 0.6) is 11.9 Å². The number of anilines is 2. The van der Waals surface area contributed by atoms with Gasteiger partial charge in [0.05, 0.1) is 29.6 Å². The fourth-order valence-electron chi connectivity index (χ4n) is 6.87. The van der Waals surface area contributed by atoms with Crippen LogP contribution in [0.15, 0.2) is 6.07 Å². The SMILES string of the molecule is CC.Cc1nc(N)cc(-c2nc3c4c(nc(OCC5(CN6CC7(CCCO7)C6)CC5)nc4c2F)NCCNCCC(C)O3)c1C(F)(F)F. The molecule has 0 amide bonds. The average molecular weight is 677 g/mol. The molecule has 3 fully saturated rings. The molecule has 7 rings (SSSR count). The monoisotopic (exact) mass is 676 g/mol. The van der Waals surface area contributed by atoms with Crippen LogP contribution in [-0.2, 0) is 10.9 Å². The van der Waals surface area contributed by atoms with Crippen molar-refractivity contribution in [1.82, 2.24) is 30.2 Å². The fraction of sp³-hybridized carbons (Fsp3) is 0.636. The second kappa shape index (κ2) is 13.4. The van der Waals surface area contributed by atoms with Crippen LogP contribution in [0, 0.1) is 18.2 Å². The third kappa shape index (κ3) is 6.95. The zero-order valence-electron chi connectivity index (χ0n) is 27.9. The Bertz CT molecular complexity index is 1640. The second-order valence-corrected chi connectivity index (χ2v) is 13.2. The van der Waals surface area contributed by atoms with Gasteiger partial charge in [0, 0.05) is 50.3 Å². The Labute approximate surface area is 277 Å². The highest BCUT2D eigenvalue weighted by atomic mass is 19.4. The van der Waals surface area contributed by atoms with Gasteiger partial charge in [0.2, 0.25) is 5.88 Å². The first-order valence-corrected chi connectivity index (χ1v) is 16.8. The van der Waals surface area contributed by atoms with Crippen LogP contribution in [0.4, 0.5) is 29.2 Å². The summed E-state index contributed by atoms with van der Waals surface area (Å²) in [5.74, 6) is -1.14. The van der Waals surface area contributed by atoms with E-state index in [4.69, 9.17) is 19.9 Å². The van der Waals surface area contributed by atoms with E-state index in [1.807, 2.05) is 20.8 Å². The molecule has 11 nitrogen and oxygen atoms in total. The molecule has 1 unspecified atom stereocenters. The number of halogens is 4. The molecule has 3 aliphatic heterocycles. The van der Waals surface area contributed by atoms with Crippen LogP contribution in [0.25, 0.3) is 22.2 Å². The van der Waals surface area contributed by atoms with Crippen molar-refractivity contribution in [3.05, 3.63) is 23.1 Å². The Morgan fingerprint density at radius 3 is 2.54 bits per heavy atom. The van der Waals surface area contributed by atoms with E-state index >= 15 is 4.39 Å². The average Bonchev–Trinajstić information content (AvgIpc) is 3.61. The maximum absolute atomic E-state index is 16.6. The number of nitrogens with one attached hydrogen (secondary N) is 2. The normalized spacial score (nSPS) is 21.7. The smallest absolute Gasteiger partial charge is 0.418 e. The highest BCUT2D eigenvalue weighted by Gasteiger charge is 2.52. The maximum Gasteiger partial charge on any atom is 0.418 e. The van der Waals surface area contributed by atoms with Crippen molar-refractivity contribution in [2.45, 2.75) is 77.7 Å². The molecule has 3 aromatic rings. The van der Waals surface area contributed by atoms with Crippen LogP contribution in [0.1, 0.15) is 64.1 Å². The van der Waals surface area contributed by atoms with Gasteiger partial charge in [-0.1, -0.05) is 13.8 Å². The van der Waals surface area contributed by atoms with Gasteiger partial charge in [0.15, 0.2) is 5.82 Å². The quantitative estimate of drug-likeness (QED) is 0.292. The van der Waals surface area contributed by atoms with Crippen molar-refractivity contribution in [2.75, 3.05) is 63.5 Å². The van der Waals surface area contributed by atoms with Gasteiger partial charge in [-0.2, -0.15) is 23.1 Å². The lowest BCUT2D eigenvalue weighted by molar-refractivity contribution is -0.137. The van der Waals surface area contributed by atoms with Gasteiger partial charge in [-0.05, 0) is 58.6 Å². The number of rotatable bonds is 6. The Hall–Kier alpha value is -3.56. The van der Waals surface area contributed by atoms with E-state index in [-0.39, 0.29) is 45.4 Å². The van der Waals surface area contributed by atoms with Gasteiger partial charge in [0.1, 0.15) is 28.2 Å². The van der Waals surface area contributed by atoms with E-state index in [2.05, 4.69) is 35.5 Å². The summed E-state index contributed by atoms with van der Waals surface area (Å²) in [6.45, 7) is 12.4. The number of nitrogen functional groups attached to an aromatic ring is 1. The standard InChI is InChI=1S/C31H38F4N8O3.C2H6/c1-17-4-8-37-9-10-38-26-21-25(23(32)24(40-27(21)46-17)19-12-20(36)39-18(2)22(19)31(33,34)35)41-28(42-26)44-16-29(6-7-29)13-43-14-30(15-43)5-3-11-45-30;1-2/h12,17,37H,3-11,13-16H2,1-2H3,(H2,36,39)(H,38,41,42);1-2H3. The van der Waals surface area contributed by atoms with Crippen molar-refractivity contribution in [3.63, 3.8) is 0 Å². The van der Waals surface area contributed by atoms with Crippen molar-refractivity contribution < 1.29 is 31.8 Å². The second-order valence-electron chi connectivity index (χ2n) is 13.2. The topological polar surface area (TPSA) is 133 Å². The lowest BCUT2D eigenvalue weighted by Gasteiger charge is -2.48. The number of hydrogen-bond acceptors (Lipinski definition) is 11. The molecule has 2 saturated heterocycles. The van der Waals surface area contributed by atoms with Crippen molar-refractivity contribution in [3.8, 4) is 23.1 Å². The first-order chi connectivity index (χ1) is 22.9. The molecule has 6 heterocycles. The van der Waals surface area contributed by atoms with E-state index in [0.717, 1.165) is 58.0 Å². The molecular weight excluding hydrogens is 632 g/mol.